The minimum absolute atomic E-state index is 0.277. The number of carbonyl (C=O) groups is 1. The van der Waals surface area contributed by atoms with Crippen LogP contribution in [0.5, 0.6) is 0 Å². The van der Waals surface area contributed by atoms with Crippen LogP contribution in [0.4, 0.5) is 5.69 Å². The number of ether oxygens (including phenoxy) is 1. The second kappa shape index (κ2) is 6.09. The monoisotopic (exact) mass is 261 g/mol. The summed E-state index contributed by atoms with van der Waals surface area (Å²) < 4.78 is 4.74. The van der Waals surface area contributed by atoms with Crippen molar-refractivity contribution in [2.45, 2.75) is 45.6 Å². The van der Waals surface area contributed by atoms with Crippen LogP contribution in [0.2, 0.25) is 0 Å². The zero-order valence-corrected chi connectivity index (χ0v) is 12.0. The second-order valence-electron chi connectivity index (χ2n) is 5.63. The topological polar surface area (TPSA) is 38.3 Å². The number of hydrogen-bond acceptors (Lipinski definition) is 3. The van der Waals surface area contributed by atoms with E-state index in [4.69, 9.17) is 4.74 Å². The number of hydrogen-bond donors (Lipinski definition) is 1. The van der Waals surface area contributed by atoms with Crippen molar-refractivity contribution in [2.24, 2.45) is 5.92 Å². The SMILES string of the molecule is COC(=O)c1ccc(NC2CCCC(C)C2)c(C)c1. The lowest BCUT2D eigenvalue weighted by Crippen LogP contribution is -2.26. The average molecular weight is 261 g/mol. The molecular formula is C16H23NO2. The zero-order chi connectivity index (χ0) is 13.8. The number of rotatable bonds is 3. The van der Waals surface area contributed by atoms with E-state index < -0.39 is 0 Å². The molecule has 1 aromatic carbocycles. The quantitative estimate of drug-likeness (QED) is 0.842. The molecule has 3 nitrogen and oxygen atoms in total. The Morgan fingerprint density at radius 3 is 2.79 bits per heavy atom. The van der Waals surface area contributed by atoms with Crippen molar-refractivity contribution in [3.8, 4) is 0 Å². The molecule has 3 heteroatoms. The van der Waals surface area contributed by atoms with Gasteiger partial charge in [-0.05, 0) is 49.4 Å². The van der Waals surface area contributed by atoms with Gasteiger partial charge in [-0.1, -0.05) is 19.8 Å². The van der Waals surface area contributed by atoms with Gasteiger partial charge in [0.15, 0.2) is 0 Å². The highest BCUT2D eigenvalue weighted by atomic mass is 16.5. The predicted molar refractivity (Wildman–Crippen MR) is 77.6 cm³/mol. The lowest BCUT2D eigenvalue weighted by atomic mass is 9.87. The van der Waals surface area contributed by atoms with Crippen LogP contribution in [0, 0.1) is 12.8 Å². The van der Waals surface area contributed by atoms with Crippen LogP contribution < -0.4 is 5.32 Å². The van der Waals surface area contributed by atoms with E-state index in [1.807, 2.05) is 25.1 Å². The number of aryl methyl sites for hydroxylation is 1. The molecule has 0 radical (unpaired) electrons. The van der Waals surface area contributed by atoms with Crippen LogP contribution in [-0.2, 0) is 4.74 Å². The summed E-state index contributed by atoms with van der Waals surface area (Å²) in [5.74, 6) is 0.529. The van der Waals surface area contributed by atoms with Crippen LogP contribution >= 0.6 is 0 Å². The van der Waals surface area contributed by atoms with Gasteiger partial charge in [0.25, 0.3) is 0 Å². The Labute approximate surface area is 115 Å². The molecule has 1 N–H and O–H groups in total. The maximum absolute atomic E-state index is 11.5. The van der Waals surface area contributed by atoms with E-state index in [0.29, 0.717) is 11.6 Å². The van der Waals surface area contributed by atoms with Crippen molar-refractivity contribution >= 4 is 11.7 Å². The van der Waals surface area contributed by atoms with Crippen LogP contribution in [0.15, 0.2) is 18.2 Å². The number of esters is 1. The summed E-state index contributed by atoms with van der Waals surface area (Å²) in [6, 6.07) is 6.26. The van der Waals surface area contributed by atoms with Gasteiger partial charge in [0.2, 0.25) is 0 Å². The normalized spacial score (nSPS) is 22.9. The van der Waals surface area contributed by atoms with Crippen molar-refractivity contribution in [1.29, 1.82) is 0 Å². The fourth-order valence-electron chi connectivity index (χ4n) is 2.86. The largest absolute Gasteiger partial charge is 0.465 e. The molecule has 1 aromatic rings. The zero-order valence-electron chi connectivity index (χ0n) is 12.0. The highest BCUT2D eigenvalue weighted by Gasteiger charge is 2.19. The Morgan fingerprint density at radius 2 is 2.16 bits per heavy atom. The van der Waals surface area contributed by atoms with Crippen molar-refractivity contribution in [3.63, 3.8) is 0 Å². The molecular weight excluding hydrogens is 238 g/mol. The maximum Gasteiger partial charge on any atom is 0.337 e. The van der Waals surface area contributed by atoms with E-state index >= 15 is 0 Å². The van der Waals surface area contributed by atoms with Crippen molar-refractivity contribution < 1.29 is 9.53 Å². The fourth-order valence-corrected chi connectivity index (χ4v) is 2.86. The third kappa shape index (κ3) is 3.49. The molecule has 0 aromatic heterocycles. The van der Waals surface area contributed by atoms with Crippen LogP contribution in [0.25, 0.3) is 0 Å². The van der Waals surface area contributed by atoms with Gasteiger partial charge in [0.1, 0.15) is 0 Å². The minimum atomic E-state index is -0.277. The Hall–Kier alpha value is -1.51. The smallest absolute Gasteiger partial charge is 0.337 e. The molecule has 1 fully saturated rings. The number of nitrogens with one attached hydrogen (secondary N) is 1. The third-order valence-electron chi connectivity index (χ3n) is 3.94. The first-order chi connectivity index (χ1) is 9.10. The van der Waals surface area contributed by atoms with Gasteiger partial charge in [-0.3, -0.25) is 0 Å². The summed E-state index contributed by atoms with van der Waals surface area (Å²) in [5.41, 5.74) is 2.84. The summed E-state index contributed by atoms with van der Waals surface area (Å²) in [7, 11) is 1.41. The van der Waals surface area contributed by atoms with Crippen LogP contribution in [0.1, 0.15) is 48.5 Å². The highest BCUT2D eigenvalue weighted by molar-refractivity contribution is 5.90. The first-order valence-electron chi connectivity index (χ1n) is 7.05. The first kappa shape index (κ1) is 13.9. The summed E-state index contributed by atoms with van der Waals surface area (Å²) in [5, 5.41) is 3.61. The molecule has 0 aliphatic heterocycles. The van der Waals surface area contributed by atoms with Crippen LogP contribution in [-0.4, -0.2) is 19.1 Å². The molecule has 1 aliphatic carbocycles. The predicted octanol–water partition coefficient (Wildman–Crippen LogP) is 3.77. The summed E-state index contributed by atoms with van der Waals surface area (Å²) in [6.07, 6.45) is 5.12. The standard InChI is InChI=1S/C16H23NO2/c1-11-5-4-6-14(9-11)17-15-8-7-13(10-12(15)2)16(18)19-3/h7-8,10-11,14,17H,4-6,9H2,1-3H3. The molecule has 1 saturated carbocycles. The summed E-state index contributed by atoms with van der Waals surface area (Å²) in [6.45, 7) is 4.35. The Kier molecular flexibility index (Phi) is 4.46. The average Bonchev–Trinajstić information content (AvgIpc) is 2.40. The number of methoxy groups -OCH3 is 1. The lowest BCUT2D eigenvalue weighted by Gasteiger charge is -2.29. The molecule has 0 saturated heterocycles. The van der Waals surface area contributed by atoms with Crippen molar-refractivity contribution in [1.82, 2.24) is 0 Å². The van der Waals surface area contributed by atoms with E-state index in [1.165, 1.54) is 32.8 Å². The van der Waals surface area contributed by atoms with E-state index in [2.05, 4.69) is 12.2 Å². The van der Waals surface area contributed by atoms with Gasteiger partial charge in [0, 0.05) is 11.7 Å². The summed E-state index contributed by atoms with van der Waals surface area (Å²) >= 11 is 0. The van der Waals surface area contributed by atoms with Crippen molar-refractivity contribution in [3.05, 3.63) is 29.3 Å². The van der Waals surface area contributed by atoms with Gasteiger partial charge in [0.05, 0.1) is 12.7 Å². The fraction of sp³-hybridized carbons (Fsp3) is 0.562. The Bertz CT molecular complexity index is 456. The molecule has 104 valence electrons. The number of carbonyl (C=O) groups excluding carboxylic acids is 1. The van der Waals surface area contributed by atoms with E-state index in [1.54, 1.807) is 0 Å². The number of benzene rings is 1. The Morgan fingerprint density at radius 1 is 1.37 bits per heavy atom. The van der Waals surface area contributed by atoms with E-state index in [0.717, 1.165) is 17.2 Å². The minimum Gasteiger partial charge on any atom is -0.465 e. The van der Waals surface area contributed by atoms with E-state index in [9.17, 15) is 4.79 Å². The second-order valence-corrected chi connectivity index (χ2v) is 5.63. The Balaban J connectivity index is 2.06. The van der Waals surface area contributed by atoms with Crippen LogP contribution in [0.3, 0.4) is 0 Å². The van der Waals surface area contributed by atoms with Gasteiger partial charge >= 0.3 is 5.97 Å². The van der Waals surface area contributed by atoms with Gasteiger partial charge in [-0.2, -0.15) is 0 Å². The van der Waals surface area contributed by atoms with Gasteiger partial charge in [-0.25, -0.2) is 4.79 Å². The molecule has 1 aliphatic rings. The number of anilines is 1. The molecule has 2 atom stereocenters. The molecule has 0 spiro atoms. The van der Waals surface area contributed by atoms with Crippen molar-refractivity contribution in [2.75, 3.05) is 12.4 Å². The van der Waals surface area contributed by atoms with E-state index in [-0.39, 0.29) is 5.97 Å². The third-order valence-corrected chi connectivity index (χ3v) is 3.94. The summed E-state index contributed by atoms with van der Waals surface area (Å²) in [4.78, 5) is 11.5. The molecule has 2 rings (SSSR count). The highest BCUT2D eigenvalue weighted by Crippen LogP contribution is 2.27. The maximum atomic E-state index is 11.5. The molecule has 2 unspecified atom stereocenters. The van der Waals surface area contributed by atoms with Gasteiger partial charge < -0.3 is 10.1 Å². The molecule has 0 amide bonds. The molecule has 19 heavy (non-hydrogen) atoms. The van der Waals surface area contributed by atoms with Gasteiger partial charge in [-0.15, -0.1) is 0 Å². The lowest BCUT2D eigenvalue weighted by molar-refractivity contribution is 0.0600. The molecule has 0 bridgehead atoms. The first-order valence-corrected chi connectivity index (χ1v) is 7.05. The molecule has 0 heterocycles.